The standard InChI is InChI=1S/C14H18BrNO2S/c15-12-3-1-2-11(10-12)14(4-7-18-8-5-14)13(17)16-6-9-19/h1-3,10,19H,4-9H2,(H,16,17). The first-order valence-electron chi connectivity index (χ1n) is 6.42. The van der Waals surface area contributed by atoms with Gasteiger partial charge in [0, 0.05) is 30.0 Å². The quantitative estimate of drug-likeness (QED) is 0.824. The molecule has 3 nitrogen and oxygen atoms in total. The zero-order valence-electron chi connectivity index (χ0n) is 10.7. The summed E-state index contributed by atoms with van der Waals surface area (Å²) < 4.78 is 6.42. The fraction of sp³-hybridized carbons (Fsp3) is 0.500. The molecule has 0 radical (unpaired) electrons. The normalized spacial score (nSPS) is 18.0. The first kappa shape index (κ1) is 14.9. The van der Waals surface area contributed by atoms with E-state index >= 15 is 0 Å². The summed E-state index contributed by atoms with van der Waals surface area (Å²) in [7, 11) is 0. The minimum atomic E-state index is -0.467. The molecule has 104 valence electrons. The van der Waals surface area contributed by atoms with Gasteiger partial charge in [-0.05, 0) is 30.5 Å². The van der Waals surface area contributed by atoms with Crippen LogP contribution in [0.25, 0.3) is 0 Å². The number of nitrogens with one attached hydrogen (secondary N) is 1. The number of carbonyl (C=O) groups is 1. The summed E-state index contributed by atoms with van der Waals surface area (Å²) in [5, 5.41) is 2.97. The van der Waals surface area contributed by atoms with Gasteiger partial charge in [-0.1, -0.05) is 28.1 Å². The average Bonchev–Trinajstić information content (AvgIpc) is 2.45. The van der Waals surface area contributed by atoms with Crippen LogP contribution in [0, 0.1) is 0 Å². The second-order valence-corrected chi connectivity index (χ2v) is 6.05. The highest BCUT2D eigenvalue weighted by Crippen LogP contribution is 2.36. The predicted molar refractivity (Wildman–Crippen MR) is 82.7 cm³/mol. The van der Waals surface area contributed by atoms with Gasteiger partial charge in [0.2, 0.25) is 5.91 Å². The summed E-state index contributed by atoms with van der Waals surface area (Å²) in [6, 6.07) is 8.01. The molecular formula is C14H18BrNO2S. The molecule has 1 saturated heterocycles. The highest BCUT2D eigenvalue weighted by atomic mass is 79.9. The number of benzene rings is 1. The second kappa shape index (κ2) is 6.77. The van der Waals surface area contributed by atoms with Crippen LogP contribution in [0.2, 0.25) is 0 Å². The number of thiol groups is 1. The number of hydrogen-bond acceptors (Lipinski definition) is 3. The molecule has 2 rings (SSSR count). The maximum Gasteiger partial charge on any atom is 0.230 e. The number of carbonyl (C=O) groups excluding carboxylic acids is 1. The van der Waals surface area contributed by atoms with Crippen LogP contribution >= 0.6 is 28.6 Å². The predicted octanol–water partition coefficient (Wildman–Crippen LogP) is 2.54. The first-order chi connectivity index (χ1) is 9.19. The molecule has 0 atom stereocenters. The fourth-order valence-electron chi connectivity index (χ4n) is 2.49. The third kappa shape index (κ3) is 3.33. The van der Waals surface area contributed by atoms with E-state index < -0.39 is 5.41 Å². The molecule has 0 aliphatic carbocycles. The van der Waals surface area contributed by atoms with E-state index in [0.29, 0.717) is 25.5 Å². The van der Waals surface area contributed by atoms with Crippen LogP contribution in [0.4, 0.5) is 0 Å². The molecule has 0 bridgehead atoms. The summed E-state index contributed by atoms with van der Waals surface area (Å²) in [4.78, 5) is 12.6. The van der Waals surface area contributed by atoms with Crippen molar-refractivity contribution in [2.75, 3.05) is 25.5 Å². The minimum Gasteiger partial charge on any atom is -0.381 e. The molecular weight excluding hydrogens is 326 g/mol. The fourth-order valence-corrected chi connectivity index (χ4v) is 3.00. The smallest absolute Gasteiger partial charge is 0.230 e. The molecule has 19 heavy (non-hydrogen) atoms. The Morgan fingerprint density at radius 1 is 1.42 bits per heavy atom. The lowest BCUT2D eigenvalue weighted by Crippen LogP contribution is -2.48. The molecule has 1 fully saturated rings. The van der Waals surface area contributed by atoms with Gasteiger partial charge in [-0.25, -0.2) is 0 Å². The van der Waals surface area contributed by atoms with Gasteiger partial charge in [0.05, 0.1) is 5.41 Å². The van der Waals surface area contributed by atoms with Crippen molar-refractivity contribution in [3.63, 3.8) is 0 Å². The van der Waals surface area contributed by atoms with Crippen molar-refractivity contribution in [2.24, 2.45) is 0 Å². The van der Waals surface area contributed by atoms with Crippen LogP contribution in [0.1, 0.15) is 18.4 Å². The molecule has 1 aliphatic rings. The molecule has 1 amide bonds. The number of rotatable bonds is 4. The summed E-state index contributed by atoms with van der Waals surface area (Å²) in [5.41, 5.74) is 0.590. The Balaban J connectivity index is 2.31. The zero-order chi connectivity index (χ0) is 13.7. The van der Waals surface area contributed by atoms with Gasteiger partial charge in [-0.2, -0.15) is 12.6 Å². The lowest BCUT2D eigenvalue weighted by Gasteiger charge is -2.36. The van der Waals surface area contributed by atoms with Gasteiger partial charge in [0.15, 0.2) is 0 Å². The van der Waals surface area contributed by atoms with Crippen LogP contribution < -0.4 is 5.32 Å². The summed E-state index contributed by atoms with van der Waals surface area (Å²) in [6.07, 6.45) is 1.45. The van der Waals surface area contributed by atoms with Crippen LogP contribution in [-0.4, -0.2) is 31.4 Å². The highest BCUT2D eigenvalue weighted by molar-refractivity contribution is 9.10. The van der Waals surface area contributed by atoms with E-state index in [9.17, 15) is 4.79 Å². The third-order valence-electron chi connectivity index (χ3n) is 3.56. The molecule has 1 N–H and O–H groups in total. The van der Waals surface area contributed by atoms with Crippen molar-refractivity contribution < 1.29 is 9.53 Å². The number of ether oxygens (including phenoxy) is 1. The summed E-state index contributed by atoms with van der Waals surface area (Å²) in [5.74, 6) is 0.736. The maximum atomic E-state index is 12.6. The Morgan fingerprint density at radius 3 is 2.79 bits per heavy atom. The first-order valence-corrected chi connectivity index (χ1v) is 7.84. The van der Waals surface area contributed by atoms with Crippen molar-refractivity contribution in [1.29, 1.82) is 0 Å². The van der Waals surface area contributed by atoms with Crippen molar-refractivity contribution in [3.8, 4) is 0 Å². The van der Waals surface area contributed by atoms with Crippen LogP contribution in [0.5, 0.6) is 0 Å². The van der Waals surface area contributed by atoms with Gasteiger partial charge in [0.1, 0.15) is 0 Å². The van der Waals surface area contributed by atoms with Gasteiger partial charge < -0.3 is 10.1 Å². The molecule has 5 heteroatoms. The maximum absolute atomic E-state index is 12.6. The molecule has 0 spiro atoms. The lowest BCUT2D eigenvalue weighted by molar-refractivity contribution is -0.130. The molecule has 0 saturated carbocycles. The molecule has 1 aromatic rings. The molecule has 1 heterocycles. The van der Waals surface area contributed by atoms with E-state index in [1.807, 2.05) is 24.3 Å². The van der Waals surface area contributed by atoms with Crippen molar-refractivity contribution in [3.05, 3.63) is 34.3 Å². The Morgan fingerprint density at radius 2 is 2.16 bits per heavy atom. The summed E-state index contributed by atoms with van der Waals surface area (Å²) >= 11 is 7.62. The van der Waals surface area contributed by atoms with Crippen LogP contribution in [0.15, 0.2) is 28.7 Å². The zero-order valence-corrected chi connectivity index (χ0v) is 13.2. The SMILES string of the molecule is O=C(NCCS)C1(c2cccc(Br)c2)CCOCC1. The van der Waals surface area contributed by atoms with E-state index in [1.165, 1.54) is 0 Å². The number of halogens is 1. The third-order valence-corrected chi connectivity index (χ3v) is 4.27. The van der Waals surface area contributed by atoms with Crippen molar-refractivity contribution in [1.82, 2.24) is 5.32 Å². The minimum absolute atomic E-state index is 0.0861. The Hall–Kier alpha value is -0.520. The lowest BCUT2D eigenvalue weighted by atomic mass is 9.73. The second-order valence-electron chi connectivity index (χ2n) is 4.68. The van der Waals surface area contributed by atoms with E-state index in [0.717, 1.165) is 22.9 Å². The monoisotopic (exact) mass is 343 g/mol. The Kier molecular flexibility index (Phi) is 5.30. The van der Waals surface area contributed by atoms with E-state index in [1.54, 1.807) is 0 Å². The van der Waals surface area contributed by atoms with Crippen molar-refractivity contribution >= 4 is 34.5 Å². The van der Waals surface area contributed by atoms with Crippen LogP contribution in [-0.2, 0) is 14.9 Å². The van der Waals surface area contributed by atoms with E-state index in [2.05, 4.69) is 33.9 Å². The molecule has 0 aromatic heterocycles. The van der Waals surface area contributed by atoms with Crippen molar-refractivity contribution in [2.45, 2.75) is 18.3 Å². The largest absolute Gasteiger partial charge is 0.381 e. The Bertz CT molecular complexity index is 447. The van der Waals surface area contributed by atoms with E-state index in [-0.39, 0.29) is 5.91 Å². The molecule has 1 aliphatic heterocycles. The van der Waals surface area contributed by atoms with Gasteiger partial charge >= 0.3 is 0 Å². The highest BCUT2D eigenvalue weighted by Gasteiger charge is 2.41. The van der Waals surface area contributed by atoms with E-state index in [4.69, 9.17) is 4.74 Å². The average molecular weight is 344 g/mol. The molecule has 1 aromatic carbocycles. The van der Waals surface area contributed by atoms with Gasteiger partial charge in [-0.15, -0.1) is 0 Å². The van der Waals surface area contributed by atoms with Gasteiger partial charge in [-0.3, -0.25) is 4.79 Å². The summed E-state index contributed by atoms with van der Waals surface area (Å²) in [6.45, 7) is 1.85. The number of hydrogen-bond donors (Lipinski definition) is 2. The Labute approximate surface area is 127 Å². The molecule has 0 unspecified atom stereocenters. The number of amides is 1. The van der Waals surface area contributed by atoms with Crippen LogP contribution in [0.3, 0.4) is 0 Å². The van der Waals surface area contributed by atoms with Gasteiger partial charge in [0.25, 0.3) is 0 Å². The topological polar surface area (TPSA) is 38.3 Å².